The summed E-state index contributed by atoms with van der Waals surface area (Å²) in [6.07, 6.45) is 6.40. The highest BCUT2D eigenvalue weighted by molar-refractivity contribution is 7.12. The van der Waals surface area contributed by atoms with Crippen LogP contribution in [0.4, 0.5) is 0 Å². The van der Waals surface area contributed by atoms with Gasteiger partial charge in [0, 0.05) is 28.3 Å². The minimum Gasteiger partial charge on any atom is -0.312 e. The summed E-state index contributed by atoms with van der Waals surface area (Å²) in [7, 11) is 2.03. The smallest absolute Gasteiger partial charge is 0.138 e. The van der Waals surface area contributed by atoms with Gasteiger partial charge in [0.2, 0.25) is 0 Å². The van der Waals surface area contributed by atoms with Crippen molar-refractivity contribution in [2.24, 2.45) is 0 Å². The minimum absolute atomic E-state index is 0.340. The molecule has 0 radical (unpaired) electrons. The molecule has 1 unspecified atom stereocenters. The molecule has 0 aromatic carbocycles. The zero-order valence-electron chi connectivity index (χ0n) is 12.4. The second kappa shape index (κ2) is 5.66. The van der Waals surface area contributed by atoms with Gasteiger partial charge in [-0.15, -0.1) is 11.3 Å². The fraction of sp³-hybridized carbons (Fsp3) is 0.600. The van der Waals surface area contributed by atoms with Gasteiger partial charge in [-0.05, 0) is 51.8 Å². The predicted octanol–water partition coefficient (Wildman–Crippen LogP) is 2.91. The monoisotopic (exact) mass is 290 g/mol. The number of aromatic nitrogens is 3. The van der Waals surface area contributed by atoms with Gasteiger partial charge in [0.25, 0.3) is 0 Å². The fourth-order valence-corrected chi connectivity index (χ4v) is 4.27. The summed E-state index contributed by atoms with van der Waals surface area (Å²) in [4.78, 5) is 7.46. The minimum atomic E-state index is 0.340. The van der Waals surface area contributed by atoms with Crippen molar-refractivity contribution < 1.29 is 0 Å². The molecule has 2 heterocycles. The Labute approximate surface area is 124 Å². The summed E-state index contributed by atoms with van der Waals surface area (Å²) in [5, 5.41) is 7.77. The van der Waals surface area contributed by atoms with Crippen LogP contribution in [-0.4, -0.2) is 21.8 Å². The maximum absolute atomic E-state index is 4.43. The molecule has 1 aliphatic rings. The second-order valence-electron chi connectivity index (χ2n) is 5.71. The first-order valence-corrected chi connectivity index (χ1v) is 8.17. The average molecular weight is 290 g/mol. The highest BCUT2D eigenvalue weighted by Crippen LogP contribution is 2.34. The third-order valence-corrected chi connectivity index (χ3v) is 5.33. The van der Waals surface area contributed by atoms with Crippen molar-refractivity contribution in [2.75, 3.05) is 7.05 Å². The van der Waals surface area contributed by atoms with Crippen LogP contribution in [0.5, 0.6) is 0 Å². The van der Waals surface area contributed by atoms with E-state index >= 15 is 0 Å². The van der Waals surface area contributed by atoms with E-state index in [0.29, 0.717) is 12.1 Å². The van der Waals surface area contributed by atoms with Gasteiger partial charge in [0.15, 0.2) is 0 Å². The van der Waals surface area contributed by atoms with Crippen LogP contribution in [-0.2, 0) is 19.3 Å². The van der Waals surface area contributed by atoms with Gasteiger partial charge in [0.05, 0.1) is 0 Å². The van der Waals surface area contributed by atoms with E-state index in [2.05, 4.69) is 35.3 Å². The van der Waals surface area contributed by atoms with Crippen molar-refractivity contribution in [2.45, 2.75) is 51.6 Å². The maximum atomic E-state index is 4.43. The van der Waals surface area contributed by atoms with E-state index < -0.39 is 0 Å². The van der Waals surface area contributed by atoms with Crippen molar-refractivity contribution in [1.82, 2.24) is 20.1 Å². The van der Waals surface area contributed by atoms with Gasteiger partial charge in [-0.25, -0.2) is 9.67 Å². The first-order chi connectivity index (χ1) is 9.69. The number of fused-ring (bicyclic) bond motifs is 1. The number of nitrogens with zero attached hydrogens (tertiary/aromatic N) is 3. The van der Waals surface area contributed by atoms with Crippen LogP contribution in [0.1, 0.15) is 53.5 Å². The molecule has 2 aromatic rings. The van der Waals surface area contributed by atoms with Crippen LogP contribution in [0.2, 0.25) is 0 Å². The third-order valence-electron chi connectivity index (χ3n) is 3.98. The Kier molecular flexibility index (Phi) is 3.89. The second-order valence-corrected chi connectivity index (χ2v) is 6.88. The van der Waals surface area contributed by atoms with Crippen LogP contribution in [0.15, 0.2) is 12.4 Å². The number of rotatable bonds is 5. The van der Waals surface area contributed by atoms with E-state index in [9.17, 15) is 0 Å². The Morgan fingerprint density at radius 2 is 2.25 bits per heavy atom. The quantitative estimate of drug-likeness (QED) is 0.920. The van der Waals surface area contributed by atoms with E-state index in [1.54, 1.807) is 16.8 Å². The molecule has 4 nitrogen and oxygen atoms in total. The first kappa shape index (κ1) is 13.8. The molecule has 5 heteroatoms. The average Bonchev–Trinajstić information content (AvgIpc) is 3.10. The van der Waals surface area contributed by atoms with E-state index in [4.69, 9.17) is 0 Å². The van der Waals surface area contributed by atoms with Crippen molar-refractivity contribution in [1.29, 1.82) is 0 Å². The molecular weight excluding hydrogens is 268 g/mol. The molecule has 108 valence electrons. The Morgan fingerprint density at radius 3 is 2.95 bits per heavy atom. The number of aryl methyl sites for hydroxylation is 2. The lowest BCUT2D eigenvalue weighted by Crippen LogP contribution is -2.21. The van der Waals surface area contributed by atoms with Crippen LogP contribution >= 0.6 is 11.3 Å². The molecule has 0 fully saturated rings. The standard InChI is InChI=1S/C15H22N4S/c1-10(2)19-15(17-9-18-19)8-12(16-3)14-7-11-5-4-6-13(11)20-14/h7,9-10,12,16H,4-6,8H2,1-3H3. The van der Waals surface area contributed by atoms with Gasteiger partial charge in [0.1, 0.15) is 12.2 Å². The SMILES string of the molecule is CNC(Cc1ncnn1C(C)C)c1cc2c(s1)CCC2. The molecule has 2 aromatic heterocycles. The van der Waals surface area contributed by atoms with E-state index in [0.717, 1.165) is 12.2 Å². The number of thiophene rings is 1. The maximum Gasteiger partial charge on any atom is 0.138 e. The summed E-state index contributed by atoms with van der Waals surface area (Å²) < 4.78 is 2.02. The third kappa shape index (κ3) is 2.52. The molecule has 0 bridgehead atoms. The summed E-state index contributed by atoms with van der Waals surface area (Å²) in [5.74, 6) is 1.06. The molecule has 0 saturated carbocycles. The molecule has 0 aliphatic heterocycles. The zero-order chi connectivity index (χ0) is 14.1. The topological polar surface area (TPSA) is 42.7 Å². The molecule has 0 spiro atoms. The molecule has 0 amide bonds. The molecular formula is C15H22N4S. The molecule has 20 heavy (non-hydrogen) atoms. The van der Waals surface area contributed by atoms with Crippen molar-refractivity contribution in [3.05, 3.63) is 33.5 Å². The zero-order valence-corrected chi connectivity index (χ0v) is 13.2. The number of hydrogen-bond acceptors (Lipinski definition) is 4. The lowest BCUT2D eigenvalue weighted by molar-refractivity contribution is 0.480. The van der Waals surface area contributed by atoms with Crippen molar-refractivity contribution in [3.8, 4) is 0 Å². The fourth-order valence-electron chi connectivity index (χ4n) is 2.90. The van der Waals surface area contributed by atoms with Crippen LogP contribution < -0.4 is 5.32 Å². The van der Waals surface area contributed by atoms with E-state index in [1.807, 2.05) is 23.1 Å². The summed E-state index contributed by atoms with van der Waals surface area (Å²) in [6.45, 7) is 4.29. The Balaban J connectivity index is 1.81. The van der Waals surface area contributed by atoms with Crippen LogP contribution in [0.25, 0.3) is 0 Å². The highest BCUT2D eigenvalue weighted by Gasteiger charge is 2.21. The van der Waals surface area contributed by atoms with Gasteiger partial charge in [-0.3, -0.25) is 0 Å². The van der Waals surface area contributed by atoms with Crippen LogP contribution in [0.3, 0.4) is 0 Å². The predicted molar refractivity (Wildman–Crippen MR) is 82.3 cm³/mol. The normalized spacial score (nSPS) is 15.8. The molecule has 1 aliphatic carbocycles. The lowest BCUT2D eigenvalue weighted by Gasteiger charge is -2.16. The van der Waals surface area contributed by atoms with E-state index in [1.165, 1.54) is 24.1 Å². The van der Waals surface area contributed by atoms with Gasteiger partial charge < -0.3 is 5.32 Å². The number of nitrogens with one attached hydrogen (secondary N) is 1. The Morgan fingerprint density at radius 1 is 1.40 bits per heavy atom. The molecule has 1 atom stereocenters. The van der Waals surface area contributed by atoms with Gasteiger partial charge in [-0.1, -0.05) is 0 Å². The van der Waals surface area contributed by atoms with E-state index in [-0.39, 0.29) is 0 Å². The van der Waals surface area contributed by atoms with Gasteiger partial charge in [-0.2, -0.15) is 5.10 Å². The van der Waals surface area contributed by atoms with Crippen molar-refractivity contribution in [3.63, 3.8) is 0 Å². The Bertz CT molecular complexity index is 563. The number of likely N-dealkylation sites (N-methyl/N-ethyl adjacent to an activating group) is 1. The largest absolute Gasteiger partial charge is 0.312 e. The molecule has 3 rings (SSSR count). The first-order valence-electron chi connectivity index (χ1n) is 7.36. The molecule has 1 N–H and O–H groups in total. The summed E-state index contributed by atoms with van der Waals surface area (Å²) in [5.41, 5.74) is 1.57. The number of hydrogen-bond donors (Lipinski definition) is 1. The Hall–Kier alpha value is -1.20. The summed E-state index contributed by atoms with van der Waals surface area (Å²) >= 11 is 1.97. The lowest BCUT2D eigenvalue weighted by atomic mass is 10.1. The van der Waals surface area contributed by atoms with Crippen molar-refractivity contribution >= 4 is 11.3 Å². The summed E-state index contributed by atoms with van der Waals surface area (Å²) in [6, 6.07) is 3.09. The highest BCUT2D eigenvalue weighted by atomic mass is 32.1. The van der Waals surface area contributed by atoms with Gasteiger partial charge >= 0.3 is 0 Å². The molecule has 0 saturated heterocycles. The van der Waals surface area contributed by atoms with Crippen LogP contribution in [0, 0.1) is 0 Å².